The maximum atomic E-state index is 13.3. The van der Waals surface area contributed by atoms with E-state index in [0.717, 1.165) is 49.9 Å². The van der Waals surface area contributed by atoms with E-state index in [1.54, 1.807) is 29.2 Å². The van der Waals surface area contributed by atoms with Gasteiger partial charge in [-0.15, -0.1) is 0 Å². The van der Waals surface area contributed by atoms with E-state index in [-0.39, 0.29) is 18.7 Å². The van der Waals surface area contributed by atoms with E-state index in [1.807, 2.05) is 0 Å². The molecule has 4 rings (SSSR count). The maximum Gasteiger partial charge on any atom is 0.303 e. The summed E-state index contributed by atoms with van der Waals surface area (Å²) in [7, 11) is 2.14. The molecule has 34 heavy (non-hydrogen) atoms. The third-order valence-corrected chi connectivity index (χ3v) is 7.14. The normalized spacial score (nSPS) is 19.3. The molecule has 0 spiro atoms. The number of hydrogen-bond acceptors (Lipinski definition) is 5. The van der Waals surface area contributed by atoms with Gasteiger partial charge in [0.05, 0.1) is 0 Å². The number of aliphatic carboxylic acids is 1. The van der Waals surface area contributed by atoms with Crippen LogP contribution in [0.15, 0.2) is 24.3 Å². The van der Waals surface area contributed by atoms with Crippen molar-refractivity contribution in [2.75, 3.05) is 46.3 Å². The summed E-state index contributed by atoms with van der Waals surface area (Å²) in [6, 6.07) is 6.59. The Bertz CT molecular complexity index is 1040. The number of aromatic amines is 1. The number of carboxylic acid groups (broad SMARTS) is 1. The first-order chi connectivity index (χ1) is 16.3. The van der Waals surface area contributed by atoms with Crippen molar-refractivity contribution >= 4 is 40.3 Å². The number of piperazine rings is 1. The Labute approximate surface area is 204 Å². The Balaban J connectivity index is 1.39. The predicted octanol–water partition coefficient (Wildman–Crippen LogP) is 2.02. The quantitative estimate of drug-likeness (QED) is 0.549. The van der Waals surface area contributed by atoms with Gasteiger partial charge in [0.1, 0.15) is 11.7 Å². The van der Waals surface area contributed by atoms with Gasteiger partial charge in [-0.1, -0.05) is 11.6 Å². The highest BCUT2D eigenvalue weighted by molar-refractivity contribution is 6.31. The summed E-state index contributed by atoms with van der Waals surface area (Å²) < 4.78 is 0. The Kier molecular flexibility index (Phi) is 7.75. The van der Waals surface area contributed by atoms with Crippen molar-refractivity contribution in [1.82, 2.24) is 25.0 Å². The third-order valence-electron chi connectivity index (χ3n) is 6.91. The van der Waals surface area contributed by atoms with Gasteiger partial charge < -0.3 is 25.2 Å². The number of H-pyrrole nitrogens is 1. The zero-order chi connectivity index (χ0) is 24.2. The number of rotatable bonds is 7. The molecule has 2 aromatic rings. The summed E-state index contributed by atoms with van der Waals surface area (Å²) in [6.45, 7) is 4.93. The lowest BCUT2D eigenvalue weighted by atomic mass is 10.0. The zero-order valence-corrected chi connectivity index (χ0v) is 20.2. The molecule has 1 aromatic heterocycles. The molecule has 2 fully saturated rings. The van der Waals surface area contributed by atoms with Crippen molar-refractivity contribution in [3.63, 3.8) is 0 Å². The van der Waals surface area contributed by atoms with E-state index in [0.29, 0.717) is 29.8 Å². The van der Waals surface area contributed by atoms with E-state index in [1.165, 1.54) is 0 Å². The van der Waals surface area contributed by atoms with Crippen LogP contribution in [0, 0.1) is 0 Å². The van der Waals surface area contributed by atoms with Crippen LogP contribution in [0.4, 0.5) is 0 Å². The summed E-state index contributed by atoms with van der Waals surface area (Å²) >= 11 is 6.03. The molecular weight excluding hydrogens is 458 g/mol. The lowest BCUT2D eigenvalue weighted by Gasteiger charge is -2.42. The molecule has 0 bridgehead atoms. The topological polar surface area (TPSA) is 109 Å². The molecular formula is C24H32ClN5O4. The van der Waals surface area contributed by atoms with E-state index < -0.39 is 17.9 Å². The molecule has 2 aliphatic rings. The van der Waals surface area contributed by atoms with Gasteiger partial charge in [-0.3, -0.25) is 19.3 Å². The summed E-state index contributed by atoms with van der Waals surface area (Å²) in [6.07, 6.45) is 2.12. The van der Waals surface area contributed by atoms with Crippen LogP contribution in [-0.4, -0.2) is 101 Å². The molecule has 10 heteroatoms. The van der Waals surface area contributed by atoms with Crippen LogP contribution in [0.3, 0.4) is 0 Å². The van der Waals surface area contributed by atoms with Crippen LogP contribution >= 0.6 is 11.6 Å². The van der Waals surface area contributed by atoms with Crippen molar-refractivity contribution in [3.05, 3.63) is 35.0 Å². The van der Waals surface area contributed by atoms with Gasteiger partial charge in [0, 0.05) is 54.6 Å². The summed E-state index contributed by atoms with van der Waals surface area (Å²) in [5, 5.41) is 13.3. The molecule has 184 valence electrons. The van der Waals surface area contributed by atoms with Crippen LogP contribution in [0.2, 0.25) is 5.02 Å². The number of carbonyl (C=O) groups is 3. The SMILES string of the molecule is CN1CCC(N2CCN(C(=O)[C@H](CCC(=O)O)NC(=O)c3cc4cc(Cl)ccc4[nH]3)CC2)CC1. The predicted molar refractivity (Wildman–Crippen MR) is 130 cm³/mol. The minimum atomic E-state index is -1.00. The summed E-state index contributed by atoms with van der Waals surface area (Å²) in [5.41, 5.74) is 1.06. The van der Waals surface area contributed by atoms with E-state index in [4.69, 9.17) is 16.7 Å². The van der Waals surface area contributed by atoms with Crippen LogP contribution in [0.25, 0.3) is 10.9 Å². The monoisotopic (exact) mass is 489 g/mol. The molecule has 0 radical (unpaired) electrons. The third kappa shape index (κ3) is 5.89. The van der Waals surface area contributed by atoms with Gasteiger partial charge >= 0.3 is 5.97 Å². The van der Waals surface area contributed by atoms with E-state index >= 15 is 0 Å². The largest absolute Gasteiger partial charge is 0.481 e. The smallest absolute Gasteiger partial charge is 0.303 e. The van der Waals surface area contributed by atoms with Gasteiger partial charge in [0.25, 0.3) is 5.91 Å². The van der Waals surface area contributed by atoms with Gasteiger partial charge in [-0.2, -0.15) is 0 Å². The molecule has 2 aliphatic heterocycles. The number of carbonyl (C=O) groups excluding carboxylic acids is 2. The van der Waals surface area contributed by atoms with Crippen molar-refractivity contribution < 1.29 is 19.5 Å². The number of amides is 2. The van der Waals surface area contributed by atoms with Crippen LogP contribution in [0.1, 0.15) is 36.2 Å². The number of halogens is 1. The van der Waals surface area contributed by atoms with Gasteiger partial charge in [0.2, 0.25) is 5.91 Å². The number of likely N-dealkylation sites (tertiary alicyclic amines) is 1. The summed E-state index contributed by atoms with van der Waals surface area (Å²) in [5.74, 6) is -1.67. The average molecular weight is 490 g/mol. The van der Waals surface area contributed by atoms with E-state index in [2.05, 4.69) is 27.1 Å². The van der Waals surface area contributed by atoms with Crippen LogP contribution < -0.4 is 5.32 Å². The number of benzene rings is 1. The number of aromatic nitrogens is 1. The van der Waals surface area contributed by atoms with Crippen molar-refractivity contribution in [2.24, 2.45) is 0 Å². The van der Waals surface area contributed by atoms with Crippen LogP contribution in [-0.2, 0) is 9.59 Å². The van der Waals surface area contributed by atoms with Crippen LogP contribution in [0.5, 0.6) is 0 Å². The molecule has 0 unspecified atom stereocenters. The van der Waals surface area contributed by atoms with Crippen molar-refractivity contribution in [3.8, 4) is 0 Å². The first kappa shape index (κ1) is 24.5. The lowest BCUT2D eigenvalue weighted by Crippen LogP contribution is -2.57. The molecule has 3 N–H and O–H groups in total. The number of nitrogens with zero attached hydrogens (tertiary/aromatic N) is 3. The molecule has 1 aromatic carbocycles. The molecule has 3 heterocycles. The molecule has 9 nitrogen and oxygen atoms in total. The Morgan fingerprint density at radius 3 is 2.50 bits per heavy atom. The average Bonchev–Trinajstić information content (AvgIpc) is 3.25. The number of fused-ring (bicyclic) bond motifs is 1. The molecule has 0 aliphatic carbocycles. The maximum absolute atomic E-state index is 13.3. The Morgan fingerprint density at radius 1 is 1.12 bits per heavy atom. The minimum Gasteiger partial charge on any atom is -0.481 e. The number of carboxylic acids is 1. The standard InChI is InChI=1S/C24H32ClN5O4/c1-28-8-6-18(7-9-28)29-10-12-30(13-11-29)24(34)20(4-5-22(31)32)27-23(33)21-15-16-14-17(25)2-3-19(16)26-21/h2-3,14-15,18,20,26H,4-13H2,1H3,(H,27,33)(H,31,32)/t20-/m0/s1. The highest BCUT2D eigenvalue weighted by atomic mass is 35.5. The second-order valence-electron chi connectivity index (χ2n) is 9.27. The first-order valence-electron chi connectivity index (χ1n) is 11.8. The fourth-order valence-electron chi connectivity index (χ4n) is 4.87. The highest BCUT2D eigenvalue weighted by Gasteiger charge is 2.32. The van der Waals surface area contributed by atoms with Gasteiger partial charge in [-0.25, -0.2) is 0 Å². The molecule has 2 amide bonds. The number of hydrogen-bond donors (Lipinski definition) is 3. The molecule has 0 saturated carbocycles. The second kappa shape index (κ2) is 10.8. The Morgan fingerprint density at radius 2 is 1.82 bits per heavy atom. The second-order valence-corrected chi connectivity index (χ2v) is 9.71. The summed E-state index contributed by atoms with van der Waals surface area (Å²) in [4.78, 5) is 47.0. The minimum absolute atomic E-state index is 0.0428. The van der Waals surface area contributed by atoms with Crippen molar-refractivity contribution in [1.29, 1.82) is 0 Å². The highest BCUT2D eigenvalue weighted by Crippen LogP contribution is 2.21. The van der Waals surface area contributed by atoms with Crippen molar-refractivity contribution in [2.45, 2.75) is 37.8 Å². The fraction of sp³-hybridized carbons (Fsp3) is 0.542. The number of piperidine rings is 1. The molecule has 1 atom stereocenters. The lowest BCUT2D eigenvalue weighted by molar-refractivity contribution is -0.138. The Hall–Kier alpha value is -2.62. The number of nitrogens with one attached hydrogen (secondary N) is 2. The van der Waals surface area contributed by atoms with Gasteiger partial charge in [0.15, 0.2) is 0 Å². The fourth-order valence-corrected chi connectivity index (χ4v) is 5.06. The first-order valence-corrected chi connectivity index (χ1v) is 12.2. The van der Waals surface area contributed by atoms with Gasteiger partial charge in [-0.05, 0) is 63.7 Å². The molecule has 2 saturated heterocycles. The van der Waals surface area contributed by atoms with E-state index in [9.17, 15) is 14.4 Å². The zero-order valence-electron chi connectivity index (χ0n) is 19.4.